The van der Waals surface area contributed by atoms with E-state index in [1.807, 2.05) is 30.3 Å². The van der Waals surface area contributed by atoms with Crippen molar-refractivity contribution in [3.8, 4) is 11.4 Å². The van der Waals surface area contributed by atoms with E-state index in [0.717, 1.165) is 25.1 Å². The fourth-order valence-corrected chi connectivity index (χ4v) is 2.86. The van der Waals surface area contributed by atoms with Crippen molar-refractivity contribution in [3.05, 3.63) is 65.7 Å². The van der Waals surface area contributed by atoms with Gasteiger partial charge in [0.2, 0.25) is 5.82 Å². The molecular weight excluding hydrogens is 274 g/mol. The normalized spacial score (nSPS) is 14.7. The summed E-state index contributed by atoms with van der Waals surface area (Å²) in [5, 5.41) is 12.8. The van der Waals surface area contributed by atoms with Crippen molar-refractivity contribution >= 4 is 0 Å². The Hall–Kier alpha value is -2.53. The second-order valence-electron chi connectivity index (χ2n) is 5.56. The first kappa shape index (κ1) is 13.2. The first-order valence-electron chi connectivity index (χ1n) is 7.51. The molecule has 0 spiro atoms. The van der Waals surface area contributed by atoms with Crippen molar-refractivity contribution in [2.24, 2.45) is 0 Å². The van der Waals surface area contributed by atoms with Crippen LogP contribution in [0.4, 0.5) is 0 Å². The molecule has 2 aromatic carbocycles. The molecule has 0 atom stereocenters. The smallest absolute Gasteiger partial charge is 0.204 e. The van der Waals surface area contributed by atoms with E-state index >= 15 is 0 Å². The summed E-state index contributed by atoms with van der Waals surface area (Å²) >= 11 is 0. The van der Waals surface area contributed by atoms with Crippen LogP contribution in [0.3, 0.4) is 0 Å². The van der Waals surface area contributed by atoms with Crippen LogP contribution in [0.1, 0.15) is 11.1 Å². The Labute approximate surface area is 129 Å². The Morgan fingerprint density at radius 2 is 1.68 bits per heavy atom. The zero-order chi connectivity index (χ0) is 14.8. The lowest BCUT2D eigenvalue weighted by Gasteiger charge is -2.27. The van der Waals surface area contributed by atoms with Crippen LogP contribution in [0.25, 0.3) is 11.4 Å². The lowest BCUT2D eigenvalue weighted by molar-refractivity contribution is 0.176. The maximum atomic E-state index is 4.48. The van der Waals surface area contributed by atoms with Gasteiger partial charge in [0.25, 0.3) is 0 Å². The van der Waals surface area contributed by atoms with Crippen molar-refractivity contribution in [1.82, 2.24) is 25.1 Å². The molecule has 0 amide bonds. The SMILES string of the molecule is c1ccc(-c2nnn(CN3CCc4ccccc4C3)n2)cc1. The molecular formula is C17H17N5. The van der Waals surface area contributed by atoms with E-state index < -0.39 is 0 Å². The van der Waals surface area contributed by atoms with E-state index in [0.29, 0.717) is 12.5 Å². The maximum absolute atomic E-state index is 4.48. The summed E-state index contributed by atoms with van der Waals surface area (Å²) in [5.74, 6) is 0.679. The highest BCUT2D eigenvalue weighted by Crippen LogP contribution is 2.19. The van der Waals surface area contributed by atoms with Crippen molar-refractivity contribution in [2.45, 2.75) is 19.6 Å². The molecule has 5 nitrogen and oxygen atoms in total. The summed E-state index contributed by atoms with van der Waals surface area (Å²) in [6.45, 7) is 2.64. The van der Waals surface area contributed by atoms with Crippen molar-refractivity contribution in [1.29, 1.82) is 0 Å². The summed E-state index contributed by atoms with van der Waals surface area (Å²) in [7, 11) is 0. The van der Waals surface area contributed by atoms with Gasteiger partial charge in [0, 0.05) is 18.7 Å². The Morgan fingerprint density at radius 1 is 0.909 bits per heavy atom. The van der Waals surface area contributed by atoms with Gasteiger partial charge < -0.3 is 0 Å². The second kappa shape index (κ2) is 5.69. The third-order valence-electron chi connectivity index (χ3n) is 4.02. The van der Waals surface area contributed by atoms with E-state index in [9.17, 15) is 0 Å². The van der Waals surface area contributed by atoms with E-state index in [-0.39, 0.29) is 0 Å². The Kier molecular flexibility index (Phi) is 3.40. The second-order valence-corrected chi connectivity index (χ2v) is 5.56. The summed E-state index contributed by atoms with van der Waals surface area (Å²) in [5.41, 5.74) is 3.85. The van der Waals surface area contributed by atoms with Gasteiger partial charge >= 0.3 is 0 Å². The average molecular weight is 291 g/mol. The summed E-state index contributed by atoms with van der Waals surface area (Å²) < 4.78 is 0. The number of hydrogen-bond acceptors (Lipinski definition) is 4. The average Bonchev–Trinajstić information content (AvgIpc) is 3.04. The van der Waals surface area contributed by atoms with Crippen LogP contribution in [-0.2, 0) is 19.6 Å². The molecule has 0 radical (unpaired) electrons. The predicted octanol–water partition coefficient (Wildman–Crippen LogP) is 2.36. The van der Waals surface area contributed by atoms with Crippen LogP contribution in [0, 0.1) is 0 Å². The van der Waals surface area contributed by atoms with E-state index in [1.165, 1.54) is 11.1 Å². The predicted molar refractivity (Wildman–Crippen MR) is 83.8 cm³/mol. The molecule has 1 aromatic heterocycles. The molecule has 5 heteroatoms. The molecule has 0 saturated heterocycles. The Bertz CT molecular complexity index is 765. The molecule has 110 valence electrons. The number of fused-ring (bicyclic) bond motifs is 1. The van der Waals surface area contributed by atoms with Gasteiger partial charge in [0.05, 0.1) is 0 Å². The van der Waals surface area contributed by atoms with Gasteiger partial charge in [-0.2, -0.15) is 0 Å². The monoisotopic (exact) mass is 291 g/mol. The first-order valence-corrected chi connectivity index (χ1v) is 7.51. The molecule has 0 bridgehead atoms. The van der Waals surface area contributed by atoms with Crippen LogP contribution >= 0.6 is 0 Å². The molecule has 0 unspecified atom stereocenters. The van der Waals surface area contributed by atoms with Crippen molar-refractivity contribution in [3.63, 3.8) is 0 Å². The van der Waals surface area contributed by atoms with Gasteiger partial charge in [-0.05, 0) is 22.8 Å². The molecule has 3 aromatic rings. The highest BCUT2D eigenvalue weighted by molar-refractivity contribution is 5.52. The molecule has 2 heterocycles. The number of tetrazole rings is 1. The molecule has 0 aliphatic carbocycles. The van der Waals surface area contributed by atoms with Crippen molar-refractivity contribution in [2.75, 3.05) is 6.54 Å². The minimum Gasteiger partial charge on any atom is -0.278 e. The van der Waals surface area contributed by atoms with Crippen molar-refractivity contribution < 1.29 is 0 Å². The number of benzene rings is 2. The number of rotatable bonds is 3. The summed E-state index contributed by atoms with van der Waals surface area (Å²) in [6.07, 6.45) is 1.08. The summed E-state index contributed by atoms with van der Waals surface area (Å²) in [4.78, 5) is 4.02. The molecule has 1 aliphatic rings. The molecule has 0 N–H and O–H groups in total. The lowest BCUT2D eigenvalue weighted by atomic mass is 10.0. The zero-order valence-electron chi connectivity index (χ0n) is 12.3. The molecule has 1 aliphatic heterocycles. The van der Waals surface area contributed by atoms with Crippen LogP contribution in [-0.4, -0.2) is 31.7 Å². The topological polar surface area (TPSA) is 46.8 Å². The van der Waals surface area contributed by atoms with Gasteiger partial charge in [-0.1, -0.05) is 54.6 Å². The maximum Gasteiger partial charge on any atom is 0.204 e. The van der Waals surface area contributed by atoms with Crippen LogP contribution < -0.4 is 0 Å². The largest absolute Gasteiger partial charge is 0.278 e. The van der Waals surface area contributed by atoms with Gasteiger partial charge in [0.15, 0.2) is 0 Å². The number of hydrogen-bond donors (Lipinski definition) is 0. The first-order chi connectivity index (χ1) is 10.9. The fraction of sp³-hybridized carbons (Fsp3) is 0.235. The number of nitrogens with zero attached hydrogens (tertiary/aromatic N) is 5. The summed E-state index contributed by atoms with van der Waals surface area (Å²) in [6, 6.07) is 18.6. The third kappa shape index (κ3) is 2.63. The molecule has 4 rings (SSSR count). The Morgan fingerprint density at radius 3 is 2.55 bits per heavy atom. The fourth-order valence-electron chi connectivity index (χ4n) is 2.86. The van der Waals surface area contributed by atoms with Gasteiger partial charge in [0.1, 0.15) is 6.67 Å². The van der Waals surface area contributed by atoms with Gasteiger partial charge in [-0.25, -0.2) is 0 Å². The van der Waals surface area contributed by atoms with Gasteiger partial charge in [-0.15, -0.1) is 15.0 Å². The molecule has 22 heavy (non-hydrogen) atoms. The number of aromatic nitrogens is 4. The zero-order valence-corrected chi connectivity index (χ0v) is 12.3. The van der Waals surface area contributed by atoms with E-state index in [4.69, 9.17) is 0 Å². The van der Waals surface area contributed by atoms with E-state index in [1.54, 1.807) is 4.80 Å². The highest BCUT2D eigenvalue weighted by Gasteiger charge is 2.17. The lowest BCUT2D eigenvalue weighted by Crippen LogP contribution is -2.33. The molecule has 0 saturated carbocycles. The molecule has 0 fully saturated rings. The van der Waals surface area contributed by atoms with E-state index in [2.05, 4.69) is 44.6 Å². The standard InChI is InChI=1S/C17H17N5/c1-2-7-15(8-3-1)17-18-20-22(19-17)13-21-11-10-14-6-4-5-9-16(14)12-21/h1-9H,10-13H2. The third-order valence-corrected chi connectivity index (χ3v) is 4.02. The highest BCUT2D eigenvalue weighted by atomic mass is 15.6. The van der Waals surface area contributed by atoms with Crippen LogP contribution in [0.15, 0.2) is 54.6 Å². The minimum atomic E-state index is 0.675. The quantitative estimate of drug-likeness (QED) is 0.743. The van der Waals surface area contributed by atoms with Gasteiger partial charge in [-0.3, -0.25) is 4.90 Å². The van der Waals surface area contributed by atoms with Crippen LogP contribution in [0.2, 0.25) is 0 Å². The van der Waals surface area contributed by atoms with Crippen LogP contribution in [0.5, 0.6) is 0 Å². The minimum absolute atomic E-state index is 0.675. The Balaban J connectivity index is 1.48.